The van der Waals surface area contributed by atoms with Crippen molar-refractivity contribution in [1.82, 2.24) is 10.1 Å². The molecule has 1 unspecified atom stereocenters. The number of benzene rings is 6. The number of aromatic carboxylic acids is 1. The Hall–Kier alpha value is -7.23. The predicted molar refractivity (Wildman–Crippen MR) is 359 cm³/mol. The number of hydrogen-bond donors (Lipinski definition) is 4. The second kappa shape index (κ2) is 34.8. The van der Waals surface area contributed by atoms with E-state index in [1.807, 2.05) is 51.2 Å². The van der Waals surface area contributed by atoms with Gasteiger partial charge in [-0.15, -0.1) is 46.6 Å². The van der Waals surface area contributed by atoms with Gasteiger partial charge in [-0.2, -0.15) is 4.98 Å². The maximum absolute atomic E-state index is 11.5. The van der Waals surface area contributed by atoms with Crippen molar-refractivity contribution in [3.05, 3.63) is 193 Å². The van der Waals surface area contributed by atoms with E-state index in [9.17, 15) is 14.4 Å². The minimum atomic E-state index is -0.843. The van der Waals surface area contributed by atoms with E-state index in [1.54, 1.807) is 65.9 Å². The highest BCUT2D eigenvalue weighted by molar-refractivity contribution is 9.09. The number of esters is 2. The van der Waals surface area contributed by atoms with E-state index in [0.717, 1.165) is 61.7 Å². The van der Waals surface area contributed by atoms with Crippen molar-refractivity contribution in [3.8, 4) is 22.2 Å². The van der Waals surface area contributed by atoms with E-state index in [4.69, 9.17) is 34.8 Å². The van der Waals surface area contributed by atoms with Gasteiger partial charge in [-0.05, 0) is 191 Å². The summed E-state index contributed by atoms with van der Waals surface area (Å²) in [7, 11) is 2.66. The second-order valence-corrected chi connectivity index (χ2v) is 24.0. The van der Waals surface area contributed by atoms with Crippen molar-refractivity contribution in [2.45, 2.75) is 93.1 Å². The molecule has 1 saturated heterocycles. The fourth-order valence-electron chi connectivity index (χ4n) is 8.16. The molecule has 1 aliphatic heterocycles. The standard InChI is InChI=1S/C20H16N2O3S.C11H10O2S.C10H10S.C9H10N2O3.C8H10S.C5H11BrO.C4H8O/c1-11-4-5-12(2)17-15(11)10-16(26-17)19-21-18(22-25-19)13-6-8-14(9-7-13)20(23)24-3;1-6-3-4-7(2)10-8(6)5-9(14-10)11(12)13;1-7-3-4-8(2)10-9(7)5-6-11-10;1-14-9(12)7-4-2-6(3-5-7)8(10)11-13;1-6-3-4-7(2)8(9)5-6;1-3-7-5(2)4-6;1-2-4-5-3-1/h4-10H,1-3H3;3-5H,1-2H3,(H,12,13);3-6H,1-2H3;2-5,13H,1H3,(H2,10,11);3-5,9H,1-2H3;5H,3-4H2,1-2H3;1-4H2. The Morgan fingerprint density at radius 3 is 1.62 bits per heavy atom. The Kier molecular flexibility index (Phi) is 28.1. The SMILES string of the molecule is C1CCOC1.CCOC(C)CBr.COC(=O)c1ccc(-c2noc(-c3cc4c(C)ccc(C)c4s3)n2)cc1.COC(=O)c1ccc(/C(N)=N/O)cc1.Cc1ccc(C)c(S)c1.Cc1ccc(C)c2sc(C(=O)O)cc12.Cc1ccc(C)c2sccc12. The summed E-state index contributed by atoms with van der Waals surface area (Å²) < 4.78 is 28.5. The number of carbonyl (C=O) groups excluding carboxylic acids is 2. The van der Waals surface area contributed by atoms with E-state index in [2.05, 4.69) is 150 Å². The van der Waals surface area contributed by atoms with Crippen LogP contribution in [0.25, 0.3) is 52.4 Å². The summed E-state index contributed by atoms with van der Waals surface area (Å²) in [5, 5.41) is 30.9. The molecule has 86 heavy (non-hydrogen) atoms. The van der Waals surface area contributed by atoms with E-state index >= 15 is 0 Å². The first-order chi connectivity index (χ1) is 41.1. The molecule has 0 spiro atoms. The molecule has 1 atom stereocenters. The van der Waals surface area contributed by atoms with Gasteiger partial charge in [-0.1, -0.05) is 105 Å². The van der Waals surface area contributed by atoms with Crippen molar-refractivity contribution in [1.29, 1.82) is 0 Å². The van der Waals surface area contributed by atoms with Crippen molar-refractivity contribution >= 4 is 117 Å². The monoisotopic (exact) mass is 1300 g/mol. The van der Waals surface area contributed by atoms with Crippen molar-refractivity contribution in [2.24, 2.45) is 10.9 Å². The number of carbonyl (C=O) groups is 3. The number of carboxylic acid groups (broad SMARTS) is 1. The number of halogens is 1. The number of oxime groups is 1. The topological polar surface area (TPSA) is 206 Å². The number of ether oxygens (including phenoxy) is 4. The summed E-state index contributed by atoms with van der Waals surface area (Å²) in [5.74, 6) is -0.650. The first-order valence-electron chi connectivity index (χ1n) is 27.5. The molecular weight excluding hydrogens is 1230 g/mol. The smallest absolute Gasteiger partial charge is 0.345 e. The second-order valence-electron chi connectivity index (χ2n) is 19.8. The van der Waals surface area contributed by atoms with Crippen LogP contribution >= 0.6 is 62.6 Å². The zero-order valence-corrected chi connectivity index (χ0v) is 55.5. The minimum Gasteiger partial charge on any atom is -0.477 e. The van der Waals surface area contributed by atoms with Crippen LogP contribution in [0.2, 0.25) is 0 Å². The third-order valence-corrected chi connectivity index (χ3v) is 18.2. The van der Waals surface area contributed by atoms with Gasteiger partial charge in [-0.3, -0.25) is 0 Å². The largest absolute Gasteiger partial charge is 0.477 e. The van der Waals surface area contributed by atoms with Crippen LogP contribution < -0.4 is 5.73 Å². The molecule has 10 aromatic rings. The maximum Gasteiger partial charge on any atom is 0.345 e. The molecule has 19 heteroatoms. The highest BCUT2D eigenvalue weighted by Gasteiger charge is 2.17. The van der Waals surface area contributed by atoms with Crippen molar-refractivity contribution in [3.63, 3.8) is 0 Å². The Morgan fingerprint density at radius 1 is 0.674 bits per heavy atom. The number of thiol groups is 1. The highest BCUT2D eigenvalue weighted by atomic mass is 79.9. The Balaban J connectivity index is 0.000000195. The van der Waals surface area contributed by atoms with E-state index < -0.39 is 11.9 Å². The molecule has 0 radical (unpaired) electrons. The van der Waals surface area contributed by atoms with Crippen molar-refractivity contribution < 1.29 is 48.2 Å². The Morgan fingerprint density at radius 2 is 1.17 bits per heavy atom. The predicted octanol–water partition coefficient (Wildman–Crippen LogP) is 17.5. The average molecular weight is 1300 g/mol. The number of aromatic nitrogens is 2. The van der Waals surface area contributed by atoms with Gasteiger partial charge in [0.15, 0.2) is 5.84 Å². The van der Waals surface area contributed by atoms with E-state index in [0.29, 0.717) is 39.4 Å². The summed E-state index contributed by atoms with van der Waals surface area (Å²) in [6.45, 7) is 23.5. The normalized spacial score (nSPS) is 11.8. The zero-order valence-electron chi connectivity index (χ0n) is 50.6. The number of carboxylic acids is 1. The van der Waals surface area contributed by atoms with Gasteiger partial charge in [-0.25, -0.2) is 14.4 Å². The Labute approximate surface area is 529 Å². The molecule has 0 aliphatic carbocycles. The molecule has 11 rings (SSSR count). The number of thiophene rings is 3. The summed E-state index contributed by atoms with van der Waals surface area (Å²) in [6.07, 6.45) is 2.92. The number of amidine groups is 1. The number of alkyl halides is 1. The Bertz CT molecular complexity index is 3730. The van der Waals surface area contributed by atoms with Gasteiger partial charge in [0, 0.05) is 55.3 Å². The molecule has 0 bridgehead atoms. The number of nitrogens with zero attached hydrogens (tertiary/aromatic N) is 3. The van der Waals surface area contributed by atoms with Crippen LogP contribution in [0.3, 0.4) is 0 Å². The quantitative estimate of drug-likeness (QED) is 0.0202. The molecule has 4 aromatic heterocycles. The van der Waals surface area contributed by atoms with Gasteiger partial charge in [0.2, 0.25) is 5.82 Å². The van der Waals surface area contributed by atoms with Crippen LogP contribution in [0.15, 0.2) is 141 Å². The molecule has 1 fully saturated rings. The maximum atomic E-state index is 11.5. The first kappa shape index (κ1) is 69.5. The highest BCUT2D eigenvalue weighted by Crippen LogP contribution is 2.37. The fourth-order valence-corrected chi connectivity index (χ4v) is 11.7. The van der Waals surface area contributed by atoms with Crippen LogP contribution in [-0.4, -0.2) is 89.7 Å². The van der Waals surface area contributed by atoms with E-state index in [-0.39, 0.29) is 11.8 Å². The lowest BCUT2D eigenvalue weighted by Crippen LogP contribution is -2.13. The molecule has 4 N–H and O–H groups in total. The lowest BCUT2D eigenvalue weighted by molar-refractivity contribution is 0.0592. The molecular formula is C67H75BrN4O10S4. The number of rotatable bonds is 9. The molecule has 454 valence electrons. The summed E-state index contributed by atoms with van der Waals surface area (Å²) in [4.78, 5) is 40.3. The van der Waals surface area contributed by atoms with Crippen LogP contribution in [-0.2, 0) is 18.9 Å². The molecule has 14 nitrogen and oxygen atoms in total. The zero-order chi connectivity index (χ0) is 63.0. The van der Waals surface area contributed by atoms with Crippen LogP contribution in [0.1, 0.15) is 107 Å². The molecule has 6 aromatic carbocycles. The van der Waals surface area contributed by atoms with Gasteiger partial charge in [0.1, 0.15) is 4.88 Å². The first-order valence-corrected chi connectivity index (χ1v) is 31.6. The number of hydrogen-bond acceptors (Lipinski definition) is 16. The van der Waals surface area contributed by atoms with Gasteiger partial charge < -0.3 is 39.5 Å². The van der Waals surface area contributed by atoms with Gasteiger partial charge >= 0.3 is 17.9 Å². The summed E-state index contributed by atoms with van der Waals surface area (Å²) >= 11 is 12.4. The van der Waals surface area contributed by atoms with Crippen LogP contribution in [0.4, 0.5) is 0 Å². The van der Waals surface area contributed by atoms with Gasteiger partial charge in [0.05, 0.1) is 36.3 Å². The van der Waals surface area contributed by atoms with Crippen LogP contribution in [0, 0.1) is 55.4 Å². The minimum absolute atomic E-state index is 0.00131. The molecule has 1 aliphatic rings. The number of nitrogens with two attached hydrogens (primary N) is 1. The summed E-state index contributed by atoms with van der Waals surface area (Å²) in [5.41, 5.74) is 17.6. The van der Waals surface area contributed by atoms with Crippen molar-refractivity contribution in [2.75, 3.05) is 39.4 Å². The number of fused-ring (bicyclic) bond motifs is 3. The molecule has 0 saturated carbocycles. The lowest BCUT2D eigenvalue weighted by atomic mass is 10.1. The lowest BCUT2D eigenvalue weighted by Gasteiger charge is -2.04. The number of aryl methyl sites for hydroxylation is 8. The molecule has 0 amide bonds. The molecule has 5 heterocycles. The third kappa shape index (κ3) is 20.2. The number of methoxy groups -OCH3 is 2. The third-order valence-electron chi connectivity index (χ3n) is 13.2. The van der Waals surface area contributed by atoms with E-state index in [1.165, 1.54) is 92.0 Å². The summed E-state index contributed by atoms with van der Waals surface area (Å²) in [6, 6.07) is 38.1. The van der Waals surface area contributed by atoms with Crippen LogP contribution in [0.5, 0.6) is 0 Å². The average Bonchev–Trinajstić information content (AvgIpc) is 2.69. The van der Waals surface area contributed by atoms with Gasteiger partial charge in [0.25, 0.3) is 5.89 Å². The fraction of sp³-hybridized carbons (Fsp3) is 0.284.